The monoisotopic (exact) mass is 503 g/mol. The summed E-state index contributed by atoms with van der Waals surface area (Å²) in [5, 5.41) is 8.85. The van der Waals surface area contributed by atoms with Gasteiger partial charge in [0.15, 0.2) is 5.96 Å². The van der Waals surface area contributed by atoms with Crippen molar-refractivity contribution < 1.29 is 14.4 Å². The lowest BCUT2D eigenvalue weighted by molar-refractivity contribution is -0.140. The van der Waals surface area contributed by atoms with Crippen molar-refractivity contribution in [2.45, 2.75) is 32.7 Å². The first-order chi connectivity index (χ1) is 12.7. The van der Waals surface area contributed by atoms with Crippen molar-refractivity contribution in [2.75, 3.05) is 26.7 Å². The predicted octanol–water partition coefficient (Wildman–Crippen LogP) is 0.491. The summed E-state index contributed by atoms with van der Waals surface area (Å²) in [5.74, 6) is 0.367. The number of likely N-dealkylation sites (tertiary alicyclic amines) is 1. The van der Waals surface area contributed by atoms with Crippen molar-refractivity contribution in [2.24, 2.45) is 28.7 Å². The van der Waals surface area contributed by atoms with Gasteiger partial charge in [-0.25, -0.2) is 0 Å². The van der Waals surface area contributed by atoms with E-state index in [1.165, 1.54) is 4.90 Å². The highest BCUT2D eigenvalue weighted by Gasteiger charge is 2.58. The molecule has 2 aliphatic carbocycles. The molecule has 8 nitrogen and oxygen atoms in total. The Kier molecular flexibility index (Phi) is 7.11. The number of halogens is 1. The highest BCUT2D eigenvalue weighted by molar-refractivity contribution is 14.0. The van der Waals surface area contributed by atoms with E-state index in [0.29, 0.717) is 19.0 Å². The van der Waals surface area contributed by atoms with E-state index in [9.17, 15) is 14.4 Å². The van der Waals surface area contributed by atoms with Crippen LogP contribution in [0.25, 0.3) is 0 Å². The van der Waals surface area contributed by atoms with E-state index in [0.717, 1.165) is 6.42 Å². The Bertz CT molecular complexity index is 670. The predicted molar refractivity (Wildman–Crippen MR) is 117 cm³/mol. The standard InChI is InChI=1S/C19H29N5O3.HI/c1-19(2,3)23-13(25)10-22-18(20-4)21-7-8-24-16(26)14-11-5-6-12(9-11)15(14)17(24)27;/h5-6,11-12,14-15H,7-10H2,1-4H3,(H,23,25)(H2,20,21,22);1H. The number of hydrogen-bond acceptors (Lipinski definition) is 4. The molecule has 0 aromatic heterocycles. The molecule has 2 bridgehead atoms. The summed E-state index contributed by atoms with van der Waals surface area (Å²) < 4.78 is 0. The van der Waals surface area contributed by atoms with Gasteiger partial charge in [-0.05, 0) is 39.0 Å². The summed E-state index contributed by atoms with van der Waals surface area (Å²) in [6.45, 7) is 6.54. The topological polar surface area (TPSA) is 103 Å². The number of hydrogen-bond donors (Lipinski definition) is 3. The first kappa shape index (κ1) is 22.6. The summed E-state index contributed by atoms with van der Waals surface area (Å²) in [7, 11) is 1.61. The van der Waals surface area contributed by atoms with Crippen LogP contribution in [0.5, 0.6) is 0 Å². The van der Waals surface area contributed by atoms with Crippen LogP contribution in [0.2, 0.25) is 0 Å². The second-order valence-corrected chi connectivity index (χ2v) is 8.48. The van der Waals surface area contributed by atoms with Gasteiger partial charge in [0.1, 0.15) is 0 Å². The number of aliphatic imine (C=N–C) groups is 1. The minimum absolute atomic E-state index is 0. The third-order valence-corrected chi connectivity index (χ3v) is 5.34. The molecule has 2 fully saturated rings. The van der Waals surface area contributed by atoms with Gasteiger partial charge in [-0.2, -0.15) is 0 Å². The van der Waals surface area contributed by atoms with Crippen molar-refractivity contribution in [3.8, 4) is 0 Å². The number of carbonyl (C=O) groups is 3. The zero-order valence-corrected chi connectivity index (χ0v) is 19.2. The zero-order valence-electron chi connectivity index (χ0n) is 16.8. The first-order valence-corrected chi connectivity index (χ1v) is 9.50. The Morgan fingerprint density at radius 2 is 1.71 bits per heavy atom. The molecule has 0 aromatic rings. The number of nitrogens with one attached hydrogen (secondary N) is 3. The van der Waals surface area contributed by atoms with Gasteiger partial charge in [0.25, 0.3) is 0 Å². The van der Waals surface area contributed by atoms with Crippen LogP contribution in [0.1, 0.15) is 27.2 Å². The molecular weight excluding hydrogens is 473 g/mol. The van der Waals surface area contributed by atoms with Crippen LogP contribution in [0, 0.1) is 23.7 Å². The average Bonchev–Trinajstić information content (AvgIpc) is 3.25. The Morgan fingerprint density at radius 3 is 2.21 bits per heavy atom. The van der Waals surface area contributed by atoms with Crippen molar-refractivity contribution in [3.63, 3.8) is 0 Å². The third-order valence-electron chi connectivity index (χ3n) is 5.34. The van der Waals surface area contributed by atoms with Crippen LogP contribution >= 0.6 is 24.0 Å². The molecule has 3 amide bonds. The number of imide groups is 1. The molecule has 1 saturated carbocycles. The molecule has 0 aromatic carbocycles. The molecule has 9 heteroatoms. The number of carbonyl (C=O) groups excluding carboxylic acids is 3. The molecule has 1 heterocycles. The fourth-order valence-corrected chi connectivity index (χ4v) is 4.32. The minimum Gasteiger partial charge on any atom is -0.355 e. The summed E-state index contributed by atoms with van der Waals surface area (Å²) in [6, 6.07) is 0. The summed E-state index contributed by atoms with van der Waals surface area (Å²) in [5.41, 5.74) is -0.293. The number of fused-ring (bicyclic) bond motifs is 5. The fraction of sp³-hybridized carbons (Fsp3) is 0.684. The maximum atomic E-state index is 12.6. The smallest absolute Gasteiger partial charge is 0.239 e. The minimum atomic E-state index is -0.293. The molecule has 1 aliphatic heterocycles. The van der Waals surface area contributed by atoms with E-state index in [-0.39, 0.29) is 77.5 Å². The second kappa shape index (κ2) is 8.79. The number of nitrogens with zero attached hydrogens (tertiary/aromatic N) is 2. The van der Waals surface area contributed by atoms with E-state index >= 15 is 0 Å². The zero-order chi connectivity index (χ0) is 19.8. The summed E-state index contributed by atoms with van der Waals surface area (Å²) >= 11 is 0. The van der Waals surface area contributed by atoms with Crippen molar-refractivity contribution in [1.29, 1.82) is 0 Å². The molecule has 1 saturated heterocycles. The molecular formula is C19H30IN5O3. The van der Waals surface area contributed by atoms with Crippen LogP contribution in [-0.4, -0.2) is 60.8 Å². The number of allylic oxidation sites excluding steroid dienone is 2. The summed E-state index contributed by atoms with van der Waals surface area (Å²) in [6.07, 6.45) is 5.12. The quantitative estimate of drug-likeness (QED) is 0.167. The largest absolute Gasteiger partial charge is 0.355 e. The molecule has 3 N–H and O–H groups in total. The Morgan fingerprint density at radius 1 is 1.14 bits per heavy atom. The van der Waals surface area contributed by atoms with Crippen molar-refractivity contribution in [3.05, 3.63) is 12.2 Å². The molecule has 4 atom stereocenters. The van der Waals surface area contributed by atoms with E-state index in [1.54, 1.807) is 7.05 Å². The molecule has 3 rings (SSSR count). The maximum absolute atomic E-state index is 12.6. The molecule has 156 valence electrons. The number of amides is 3. The lowest BCUT2D eigenvalue weighted by atomic mass is 9.85. The lowest BCUT2D eigenvalue weighted by Gasteiger charge is -2.21. The van der Waals surface area contributed by atoms with Gasteiger partial charge in [-0.1, -0.05) is 12.2 Å². The molecule has 3 aliphatic rings. The normalized spacial score (nSPS) is 28.3. The molecule has 4 unspecified atom stereocenters. The van der Waals surface area contributed by atoms with Crippen LogP contribution in [0.3, 0.4) is 0 Å². The van der Waals surface area contributed by atoms with Gasteiger partial charge in [0, 0.05) is 25.7 Å². The highest BCUT2D eigenvalue weighted by Crippen LogP contribution is 2.52. The highest BCUT2D eigenvalue weighted by atomic mass is 127. The summed E-state index contributed by atoms with van der Waals surface area (Å²) in [4.78, 5) is 42.6. The number of guanidine groups is 1. The van der Waals surface area contributed by atoms with Crippen molar-refractivity contribution >= 4 is 47.7 Å². The van der Waals surface area contributed by atoms with Crippen LogP contribution < -0.4 is 16.0 Å². The maximum Gasteiger partial charge on any atom is 0.239 e. The van der Waals surface area contributed by atoms with E-state index in [2.05, 4.69) is 33.1 Å². The Hall–Kier alpha value is -1.65. The molecule has 28 heavy (non-hydrogen) atoms. The third kappa shape index (κ3) is 4.66. The molecule has 0 spiro atoms. The fourth-order valence-electron chi connectivity index (χ4n) is 4.32. The van der Waals surface area contributed by atoms with Gasteiger partial charge >= 0.3 is 0 Å². The van der Waals surface area contributed by atoms with Gasteiger partial charge in [-0.15, -0.1) is 24.0 Å². The van der Waals surface area contributed by atoms with Gasteiger partial charge < -0.3 is 16.0 Å². The van der Waals surface area contributed by atoms with E-state index in [1.807, 2.05) is 20.8 Å². The second-order valence-electron chi connectivity index (χ2n) is 8.48. The lowest BCUT2D eigenvalue weighted by Crippen LogP contribution is -2.49. The van der Waals surface area contributed by atoms with E-state index in [4.69, 9.17) is 0 Å². The molecule has 0 radical (unpaired) electrons. The Labute approximate surface area is 183 Å². The van der Waals surface area contributed by atoms with E-state index < -0.39 is 0 Å². The first-order valence-electron chi connectivity index (χ1n) is 9.50. The van der Waals surface area contributed by atoms with Crippen molar-refractivity contribution in [1.82, 2.24) is 20.9 Å². The van der Waals surface area contributed by atoms with Gasteiger partial charge in [0.05, 0.1) is 18.4 Å². The average molecular weight is 503 g/mol. The van der Waals surface area contributed by atoms with Gasteiger partial charge in [-0.3, -0.25) is 24.3 Å². The Balaban J connectivity index is 0.00000280. The van der Waals surface area contributed by atoms with Gasteiger partial charge in [0.2, 0.25) is 17.7 Å². The number of rotatable bonds is 5. The van der Waals surface area contributed by atoms with Crippen LogP contribution in [-0.2, 0) is 14.4 Å². The van der Waals surface area contributed by atoms with Crippen LogP contribution in [0.15, 0.2) is 17.1 Å². The van der Waals surface area contributed by atoms with Crippen LogP contribution in [0.4, 0.5) is 0 Å². The SMILES string of the molecule is CN=C(NCCN1C(=O)C2C3C=CC(C3)C2C1=O)NCC(=O)NC(C)(C)C.I.